The number of carbonyl (C=O) groups excluding carboxylic acids is 1. The van der Waals surface area contributed by atoms with Gasteiger partial charge in [-0.15, -0.1) is 0 Å². The summed E-state index contributed by atoms with van der Waals surface area (Å²) in [5, 5.41) is 0. The molecule has 2 N–H and O–H groups in total. The lowest BCUT2D eigenvalue weighted by molar-refractivity contribution is 0.0324. The summed E-state index contributed by atoms with van der Waals surface area (Å²) in [4.78, 5) is 10.2. The molecule has 0 heterocycles. The molecule has 0 spiro atoms. The van der Waals surface area contributed by atoms with Crippen LogP contribution in [0.2, 0.25) is 0 Å². The number of ether oxygens (including phenoxy) is 2. The Labute approximate surface area is 66.7 Å². The minimum absolute atomic E-state index is 0.251. The summed E-state index contributed by atoms with van der Waals surface area (Å²) in [6.07, 6.45) is -0.0415. The van der Waals surface area contributed by atoms with E-state index in [0.717, 1.165) is 6.42 Å². The molecule has 1 amide bonds. The van der Waals surface area contributed by atoms with Crippen LogP contribution in [0.4, 0.5) is 4.79 Å². The van der Waals surface area contributed by atoms with Crippen LogP contribution in [0, 0.1) is 0 Å². The van der Waals surface area contributed by atoms with Gasteiger partial charge in [0.05, 0.1) is 6.61 Å². The molecular formula is C7H15NO3. The van der Waals surface area contributed by atoms with E-state index in [2.05, 4.69) is 4.74 Å². The molecular weight excluding hydrogens is 146 g/mol. The predicted molar refractivity (Wildman–Crippen MR) is 41.2 cm³/mol. The van der Waals surface area contributed by atoms with E-state index in [0.29, 0.717) is 13.2 Å². The zero-order valence-corrected chi connectivity index (χ0v) is 7.00. The largest absolute Gasteiger partial charge is 0.444 e. The first-order valence-corrected chi connectivity index (χ1v) is 3.70. The van der Waals surface area contributed by atoms with Crippen LogP contribution in [-0.2, 0) is 9.47 Å². The highest BCUT2D eigenvalue weighted by Gasteiger charge is 2.04. The molecule has 4 heteroatoms. The van der Waals surface area contributed by atoms with Crippen molar-refractivity contribution in [1.82, 2.24) is 0 Å². The lowest BCUT2D eigenvalue weighted by Crippen LogP contribution is -2.24. The summed E-state index contributed by atoms with van der Waals surface area (Å²) >= 11 is 0. The number of carbonyl (C=O) groups is 1. The average molecular weight is 161 g/mol. The van der Waals surface area contributed by atoms with Gasteiger partial charge in [0.2, 0.25) is 0 Å². The lowest BCUT2D eigenvalue weighted by atomic mass is 10.4. The standard InChI is InChI=1S/C7H15NO3/c1-3-4-10-5-6(2)11-7(8)9/h6H,3-5H2,1-2H3,(H2,8,9). The molecule has 0 aromatic heterocycles. The zero-order valence-electron chi connectivity index (χ0n) is 7.00. The average Bonchev–Trinajstić information content (AvgIpc) is 1.86. The quantitative estimate of drug-likeness (QED) is 0.609. The molecule has 0 aliphatic carbocycles. The molecule has 66 valence electrons. The van der Waals surface area contributed by atoms with Crippen LogP contribution in [0.25, 0.3) is 0 Å². The summed E-state index contributed by atoms with van der Waals surface area (Å²) in [6, 6.07) is 0. The fourth-order valence-electron chi connectivity index (χ4n) is 0.626. The van der Waals surface area contributed by atoms with Crippen molar-refractivity contribution >= 4 is 6.09 Å². The van der Waals surface area contributed by atoms with Gasteiger partial charge < -0.3 is 15.2 Å². The van der Waals surface area contributed by atoms with E-state index in [4.69, 9.17) is 10.5 Å². The smallest absolute Gasteiger partial charge is 0.404 e. The molecule has 0 saturated carbocycles. The SMILES string of the molecule is CCCOCC(C)OC(N)=O. The monoisotopic (exact) mass is 161 g/mol. The van der Waals surface area contributed by atoms with E-state index in [-0.39, 0.29) is 6.10 Å². The van der Waals surface area contributed by atoms with Gasteiger partial charge in [-0.2, -0.15) is 0 Å². The second kappa shape index (κ2) is 5.97. The van der Waals surface area contributed by atoms with E-state index in [1.807, 2.05) is 6.92 Å². The first-order chi connectivity index (χ1) is 5.16. The van der Waals surface area contributed by atoms with Crippen LogP contribution >= 0.6 is 0 Å². The molecule has 1 atom stereocenters. The molecule has 0 radical (unpaired) electrons. The maximum atomic E-state index is 10.2. The third-order valence-corrected chi connectivity index (χ3v) is 1.02. The predicted octanol–water partition coefficient (Wildman–Crippen LogP) is 0.897. The third-order valence-electron chi connectivity index (χ3n) is 1.02. The molecule has 0 aromatic carbocycles. The van der Waals surface area contributed by atoms with E-state index >= 15 is 0 Å². The zero-order chi connectivity index (χ0) is 8.69. The van der Waals surface area contributed by atoms with E-state index in [9.17, 15) is 4.79 Å². The van der Waals surface area contributed by atoms with Gasteiger partial charge in [-0.1, -0.05) is 6.92 Å². The Balaban J connectivity index is 3.22. The number of primary amides is 1. The Hall–Kier alpha value is -0.770. The van der Waals surface area contributed by atoms with Crippen molar-refractivity contribution in [3.8, 4) is 0 Å². The van der Waals surface area contributed by atoms with Crippen LogP contribution in [0.3, 0.4) is 0 Å². The van der Waals surface area contributed by atoms with Crippen molar-refractivity contribution in [1.29, 1.82) is 0 Å². The topological polar surface area (TPSA) is 61.6 Å². The van der Waals surface area contributed by atoms with Gasteiger partial charge in [-0.25, -0.2) is 4.79 Å². The molecule has 0 fully saturated rings. The van der Waals surface area contributed by atoms with Crippen LogP contribution in [-0.4, -0.2) is 25.4 Å². The van der Waals surface area contributed by atoms with Crippen molar-refractivity contribution < 1.29 is 14.3 Å². The Bertz CT molecular complexity index is 116. The number of rotatable bonds is 5. The Kier molecular flexibility index (Phi) is 5.56. The van der Waals surface area contributed by atoms with E-state index in [1.54, 1.807) is 6.92 Å². The van der Waals surface area contributed by atoms with Gasteiger partial charge in [-0.3, -0.25) is 0 Å². The molecule has 0 saturated heterocycles. The molecule has 11 heavy (non-hydrogen) atoms. The highest BCUT2D eigenvalue weighted by molar-refractivity contribution is 5.64. The first kappa shape index (κ1) is 10.2. The highest BCUT2D eigenvalue weighted by Crippen LogP contribution is 1.92. The number of hydrogen-bond donors (Lipinski definition) is 1. The summed E-state index contributed by atoms with van der Waals surface area (Å²) in [5.74, 6) is 0. The fraction of sp³-hybridized carbons (Fsp3) is 0.857. The molecule has 0 rings (SSSR count). The lowest BCUT2D eigenvalue weighted by Gasteiger charge is -2.10. The van der Waals surface area contributed by atoms with E-state index < -0.39 is 6.09 Å². The van der Waals surface area contributed by atoms with Gasteiger partial charge in [-0.05, 0) is 13.3 Å². The van der Waals surface area contributed by atoms with Crippen LogP contribution in [0.5, 0.6) is 0 Å². The van der Waals surface area contributed by atoms with Gasteiger partial charge in [0.15, 0.2) is 0 Å². The molecule has 0 aliphatic rings. The van der Waals surface area contributed by atoms with Gasteiger partial charge in [0, 0.05) is 6.61 Å². The summed E-state index contributed by atoms with van der Waals surface area (Å²) in [7, 11) is 0. The molecule has 0 aliphatic heterocycles. The van der Waals surface area contributed by atoms with Crippen LogP contribution in [0.15, 0.2) is 0 Å². The Morgan fingerprint density at radius 1 is 1.64 bits per heavy atom. The van der Waals surface area contributed by atoms with Crippen molar-refractivity contribution in [3.63, 3.8) is 0 Å². The van der Waals surface area contributed by atoms with Crippen molar-refractivity contribution in [3.05, 3.63) is 0 Å². The maximum absolute atomic E-state index is 10.2. The first-order valence-electron chi connectivity index (χ1n) is 3.70. The second-order valence-corrected chi connectivity index (χ2v) is 2.32. The normalized spacial score (nSPS) is 12.5. The Morgan fingerprint density at radius 2 is 2.27 bits per heavy atom. The summed E-state index contributed by atoms with van der Waals surface area (Å²) in [5.41, 5.74) is 4.78. The van der Waals surface area contributed by atoms with Crippen LogP contribution < -0.4 is 5.73 Å². The van der Waals surface area contributed by atoms with Crippen molar-refractivity contribution in [2.24, 2.45) is 5.73 Å². The van der Waals surface area contributed by atoms with Gasteiger partial charge >= 0.3 is 6.09 Å². The van der Waals surface area contributed by atoms with Crippen molar-refractivity contribution in [2.75, 3.05) is 13.2 Å². The Morgan fingerprint density at radius 3 is 2.73 bits per heavy atom. The molecule has 4 nitrogen and oxygen atoms in total. The van der Waals surface area contributed by atoms with Gasteiger partial charge in [0.25, 0.3) is 0 Å². The number of nitrogens with two attached hydrogens (primary N) is 1. The number of amides is 1. The molecule has 1 unspecified atom stereocenters. The van der Waals surface area contributed by atoms with Crippen molar-refractivity contribution in [2.45, 2.75) is 26.4 Å². The van der Waals surface area contributed by atoms with Gasteiger partial charge in [0.1, 0.15) is 6.10 Å². The molecule has 0 bridgehead atoms. The third kappa shape index (κ3) is 7.12. The molecule has 0 aromatic rings. The maximum Gasteiger partial charge on any atom is 0.404 e. The summed E-state index contributed by atoms with van der Waals surface area (Å²) in [6.45, 7) is 4.85. The highest BCUT2D eigenvalue weighted by atomic mass is 16.6. The fourth-order valence-corrected chi connectivity index (χ4v) is 0.626. The van der Waals surface area contributed by atoms with Crippen LogP contribution in [0.1, 0.15) is 20.3 Å². The second-order valence-electron chi connectivity index (χ2n) is 2.32. The van der Waals surface area contributed by atoms with E-state index in [1.165, 1.54) is 0 Å². The minimum Gasteiger partial charge on any atom is -0.444 e. The summed E-state index contributed by atoms with van der Waals surface area (Å²) < 4.78 is 9.72. The number of hydrogen-bond acceptors (Lipinski definition) is 3. The minimum atomic E-state index is -0.752.